The van der Waals surface area contributed by atoms with E-state index in [9.17, 15) is 23.1 Å². The van der Waals surface area contributed by atoms with E-state index in [2.05, 4.69) is 9.97 Å². The summed E-state index contributed by atoms with van der Waals surface area (Å²) in [5, 5.41) is 11.6. The lowest BCUT2D eigenvalue weighted by atomic mass is 9.81. The first-order chi connectivity index (χ1) is 19.2. The predicted octanol–water partition coefficient (Wildman–Crippen LogP) is 4.55. The van der Waals surface area contributed by atoms with Crippen LogP contribution in [0.1, 0.15) is 42.3 Å². The van der Waals surface area contributed by atoms with Crippen LogP contribution < -0.4 is 5.56 Å². The molecule has 2 heterocycles. The van der Waals surface area contributed by atoms with Gasteiger partial charge in [0.1, 0.15) is 11.4 Å². The third-order valence-corrected chi connectivity index (χ3v) is 9.11. The second-order valence-electron chi connectivity index (χ2n) is 9.85. The van der Waals surface area contributed by atoms with Gasteiger partial charge in [0.05, 0.1) is 4.90 Å². The molecule has 0 amide bonds. The first kappa shape index (κ1) is 27.2. The van der Waals surface area contributed by atoms with Gasteiger partial charge in [0, 0.05) is 18.8 Å². The fourth-order valence-electron chi connectivity index (χ4n) is 5.29. The molecule has 5 rings (SSSR count). The molecule has 0 aliphatic heterocycles. The lowest BCUT2D eigenvalue weighted by Gasteiger charge is -2.35. The molecule has 1 N–H and O–H groups in total. The zero-order valence-corrected chi connectivity index (χ0v) is 23.1. The fraction of sp³-hybridized carbons (Fsp3) is 0.226. The van der Waals surface area contributed by atoms with Crippen LogP contribution in [0.4, 0.5) is 0 Å². The molecule has 0 saturated carbocycles. The third kappa shape index (κ3) is 4.46. The molecule has 40 heavy (non-hydrogen) atoms. The minimum absolute atomic E-state index is 0.139. The molecule has 1 atom stereocenters. The number of pyridine rings is 1. The van der Waals surface area contributed by atoms with Gasteiger partial charge in [-0.2, -0.15) is 4.98 Å². The number of aldehydes is 1. The summed E-state index contributed by atoms with van der Waals surface area (Å²) in [5.74, 6) is -0.672. The number of hydrogen-bond acceptors (Lipinski definition) is 7. The maximum atomic E-state index is 13.9. The van der Waals surface area contributed by atoms with Crippen LogP contribution in [0.5, 0.6) is 5.88 Å². The lowest BCUT2D eigenvalue weighted by Crippen LogP contribution is -2.41. The number of aromatic nitrogens is 3. The van der Waals surface area contributed by atoms with Gasteiger partial charge in [0.15, 0.2) is 11.2 Å². The Kier molecular flexibility index (Phi) is 7.25. The molecule has 9 heteroatoms. The molecule has 0 spiro atoms. The molecule has 204 valence electrons. The average molecular weight is 556 g/mol. The van der Waals surface area contributed by atoms with E-state index in [1.54, 1.807) is 48.8 Å². The smallest absolute Gasteiger partial charge is 0.296 e. The predicted molar refractivity (Wildman–Crippen MR) is 151 cm³/mol. The van der Waals surface area contributed by atoms with Crippen molar-refractivity contribution in [3.8, 4) is 17.0 Å². The number of sulfone groups is 1. The second-order valence-corrected chi connectivity index (χ2v) is 11.7. The van der Waals surface area contributed by atoms with E-state index in [-0.39, 0.29) is 17.1 Å². The monoisotopic (exact) mass is 555 g/mol. The Hall–Kier alpha value is -4.37. The van der Waals surface area contributed by atoms with Crippen LogP contribution >= 0.6 is 0 Å². The molecular formula is C31H29N3O5S. The van der Waals surface area contributed by atoms with Crippen molar-refractivity contribution in [3.63, 3.8) is 0 Å². The van der Waals surface area contributed by atoms with E-state index in [1.807, 2.05) is 32.0 Å². The highest BCUT2D eigenvalue weighted by Crippen LogP contribution is 2.39. The largest absolute Gasteiger partial charge is 0.493 e. The van der Waals surface area contributed by atoms with Gasteiger partial charge in [0.25, 0.3) is 5.56 Å². The van der Waals surface area contributed by atoms with E-state index in [0.717, 1.165) is 28.7 Å². The van der Waals surface area contributed by atoms with Crippen LogP contribution in [0.2, 0.25) is 0 Å². The summed E-state index contributed by atoms with van der Waals surface area (Å²) in [6, 6.07) is 15.2. The zero-order chi connectivity index (χ0) is 28.5. The van der Waals surface area contributed by atoms with Crippen LogP contribution in [-0.4, -0.2) is 34.3 Å². The minimum atomic E-state index is -4.52. The van der Waals surface area contributed by atoms with Crippen molar-refractivity contribution in [2.75, 3.05) is 0 Å². The molecule has 0 unspecified atom stereocenters. The second kappa shape index (κ2) is 10.7. The quantitative estimate of drug-likeness (QED) is 0.250. The highest BCUT2D eigenvalue weighted by molar-refractivity contribution is 7.91. The Morgan fingerprint density at radius 3 is 2.55 bits per heavy atom. The van der Waals surface area contributed by atoms with Crippen molar-refractivity contribution in [2.24, 2.45) is 0 Å². The number of carbonyl (C=O) groups excluding carboxylic acids is 1. The maximum Gasteiger partial charge on any atom is 0.296 e. The molecule has 1 aliphatic rings. The summed E-state index contributed by atoms with van der Waals surface area (Å²) in [6.07, 6.45) is 9.68. The highest BCUT2D eigenvalue weighted by Gasteiger charge is 2.41. The number of hydrogen-bond donors (Lipinski definition) is 1. The van der Waals surface area contributed by atoms with Crippen LogP contribution in [0.15, 0.2) is 93.7 Å². The number of benzene rings is 2. The Balaban J connectivity index is 1.72. The van der Waals surface area contributed by atoms with Crippen molar-refractivity contribution in [1.82, 2.24) is 14.5 Å². The van der Waals surface area contributed by atoms with E-state index in [0.29, 0.717) is 24.7 Å². The van der Waals surface area contributed by atoms with Gasteiger partial charge < -0.3 is 5.11 Å². The molecule has 2 aromatic heterocycles. The number of aromatic hydroxyl groups is 1. The molecule has 2 aromatic carbocycles. The van der Waals surface area contributed by atoms with Gasteiger partial charge in [-0.15, -0.1) is 0 Å². The Labute approximate surface area is 232 Å². The van der Waals surface area contributed by atoms with Crippen molar-refractivity contribution in [2.45, 2.75) is 54.9 Å². The molecule has 0 saturated heterocycles. The van der Waals surface area contributed by atoms with Gasteiger partial charge in [-0.1, -0.05) is 61.9 Å². The Bertz CT molecular complexity index is 1790. The van der Waals surface area contributed by atoms with Crippen molar-refractivity contribution in [1.29, 1.82) is 0 Å². The van der Waals surface area contributed by atoms with Crippen molar-refractivity contribution in [3.05, 3.63) is 112 Å². The fourth-order valence-corrected chi connectivity index (χ4v) is 6.62. The van der Waals surface area contributed by atoms with Gasteiger partial charge in [-0.05, 0) is 65.8 Å². The van der Waals surface area contributed by atoms with E-state index >= 15 is 0 Å². The normalized spacial score (nSPS) is 16.4. The summed E-state index contributed by atoms with van der Waals surface area (Å²) in [7, 11) is -4.52. The SMILES string of the molecule is CCCCc1nc(=O)c(S(=O)(=O)c2ccc(-c3ccncc3C)cc2)c(O)n1[C@@]1(C=O)C=CCc2ccccc21. The van der Waals surface area contributed by atoms with Crippen LogP contribution in [0, 0.1) is 6.92 Å². The zero-order valence-electron chi connectivity index (χ0n) is 22.2. The summed E-state index contributed by atoms with van der Waals surface area (Å²) in [5.41, 5.74) is 1.39. The summed E-state index contributed by atoms with van der Waals surface area (Å²) in [6.45, 7) is 3.86. The first-order valence-corrected chi connectivity index (χ1v) is 14.6. The Morgan fingerprint density at radius 1 is 1.10 bits per heavy atom. The molecule has 0 fully saturated rings. The van der Waals surface area contributed by atoms with Gasteiger partial charge in [-0.25, -0.2) is 8.42 Å². The maximum absolute atomic E-state index is 13.9. The number of unbranched alkanes of at least 4 members (excludes halogenated alkanes) is 1. The number of nitrogens with zero attached hydrogens (tertiary/aromatic N) is 3. The molecule has 1 aliphatic carbocycles. The number of allylic oxidation sites excluding steroid dienone is 2. The van der Waals surface area contributed by atoms with Gasteiger partial charge in [0.2, 0.25) is 15.7 Å². The highest BCUT2D eigenvalue weighted by atomic mass is 32.2. The molecule has 8 nitrogen and oxygen atoms in total. The summed E-state index contributed by atoms with van der Waals surface area (Å²) >= 11 is 0. The average Bonchev–Trinajstić information content (AvgIpc) is 2.96. The lowest BCUT2D eigenvalue weighted by molar-refractivity contribution is -0.112. The Morgan fingerprint density at radius 2 is 1.85 bits per heavy atom. The standard InChI is InChI=1S/C31H29N3O5S/c1-3-4-11-27-33-29(36)28(30(37)34(27)31(20-35)17-7-9-23-8-5-6-10-26(23)31)40(38,39)24-14-12-22(13-15-24)25-16-18-32-19-21(25)2/h5-8,10,12-20,37H,3-4,9,11H2,1-2H3/t31-/m1/s1. The number of rotatable bonds is 8. The minimum Gasteiger partial charge on any atom is -0.493 e. The van der Waals surface area contributed by atoms with Crippen molar-refractivity contribution < 1.29 is 18.3 Å². The van der Waals surface area contributed by atoms with E-state index in [4.69, 9.17) is 0 Å². The van der Waals surface area contributed by atoms with Crippen LogP contribution in [0.25, 0.3) is 11.1 Å². The molecule has 4 aromatic rings. The summed E-state index contributed by atoms with van der Waals surface area (Å²) in [4.78, 5) is 33.4. The number of carbonyl (C=O) groups is 1. The topological polar surface area (TPSA) is 119 Å². The molecule has 0 bridgehead atoms. The van der Waals surface area contributed by atoms with E-state index in [1.165, 1.54) is 16.7 Å². The van der Waals surface area contributed by atoms with Crippen LogP contribution in [-0.2, 0) is 33.0 Å². The van der Waals surface area contributed by atoms with Crippen molar-refractivity contribution >= 4 is 16.1 Å². The van der Waals surface area contributed by atoms with Gasteiger partial charge >= 0.3 is 0 Å². The van der Waals surface area contributed by atoms with Gasteiger partial charge in [-0.3, -0.25) is 19.1 Å². The number of aryl methyl sites for hydroxylation is 2. The first-order valence-electron chi connectivity index (χ1n) is 13.1. The molecular weight excluding hydrogens is 526 g/mol. The third-order valence-electron chi connectivity index (χ3n) is 7.32. The van der Waals surface area contributed by atoms with E-state index < -0.39 is 31.7 Å². The number of fused-ring (bicyclic) bond motifs is 1. The summed E-state index contributed by atoms with van der Waals surface area (Å²) < 4.78 is 28.9. The molecule has 0 radical (unpaired) electrons. The van der Waals surface area contributed by atoms with Crippen LogP contribution in [0.3, 0.4) is 0 Å².